The van der Waals surface area contributed by atoms with Gasteiger partial charge < -0.3 is 20.0 Å². The third-order valence-corrected chi connectivity index (χ3v) is 7.73. The van der Waals surface area contributed by atoms with Crippen LogP contribution in [0.15, 0.2) is 78.6 Å². The second kappa shape index (κ2) is 13.5. The summed E-state index contributed by atoms with van der Waals surface area (Å²) >= 11 is 0. The molecule has 0 bridgehead atoms. The van der Waals surface area contributed by atoms with Crippen molar-refractivity contribution in [1.29, 1.82) is 0 Å². The van der Waals surface area contributed by atoms with Gasteiger partial charge in [0.2, 0.25) is 0 Å². The minimum atomic E-state index is -0.336. The summed E-state index contributed by atoms with van der Waals surface area (Å²) in [6.45, 7) is 4.04. The fraction of sp³-hybridized carbons (Fsp3) is 0.364. The molecule has 8 heteroatoms. The number of halogens is 1. The van der Waals surface area contributed by atoms with Crippen molar-refractivity contribution in [3.05, 3.63) is 101 Å². The summed E-state index contributed by atoms with van der Waals surface area (Å²) in [4.78, 5) is 37.8. The van der Waals surface area contributed by atoms with Crippen LogP contribution in [-0.2, 0) is 17.8 Å². The zero-order valence-electron chi connectivity index (χ0n) is 23.7. The molecule has 1 aromatic heterocycles. The number of rotatable bonds is 9. The third-order valence-electron chi connectivity index (χ3n) is 7.73. The Balaban J connectivity index is 1.36. The van der Waals surface area contributed by atoms with Crippen molar-refractivity contribution in [1.82, 2.24) is 15.2 Å². The molecular formula is C33H38FN5O2. The molecule has 2 aliphatic rings. The SMILES string of the molecule is CN1C=C(Cc2ccccc2)C(=O)N(Cc2ccc(F)cc2)c2cc(C(=O)NCCCN3CCCCCC3)cnc21. The molecule has 2 aromatic carbocycles. The number of aromatic nitrogens is 1. The van der Waals surface area contributed by atoms with Gasteiger partial charge in [0.1, 0.15) is 5.82 Å². The average Bonchev–Trinajstić information content (AvgIpc) is 3.31. The number of hydrogen-bond donors (Lipinski definition) is 1. The monoisotopic (exact) mass is 555 g/mol. The molecule has 1 saturated heterocycles. The molecule has 7 nitrogen and oxygen atoms in total. The maximum Gasteiger partial charge on any atom is 0.256 e. The van der Waals surface area contributed by atoms with Crippen LogP contribution in [0, 0.1) is 5.82 Å². The molecule has 214 valence electrons. The molecule has 0 saturated carbocycles. The smallest absolute Gasteiger partial charge is 0.256 e. The van der Waals surface area contributed by atoms with E-state index in [-0.39, 0.29) is 24.2 Å². The zero-order chi connectivity index (χ0) is 28.6. The lowest BCUT2D eigenvalue weighted by Crippen LogP contribution is -2.33. The Morgan fingerprint density at radius 3 is 2.44 bits per heavy atom. The molecule has 3 aromatic rings. The molecule has 0 spiro atoms. The maximum atomic E-state index is 14.0. The van der Waals surface area contributed by atoms with E-state index in [9.17, 15) is 14.0 Å². The molecule has 1 fully saturated rings. The predicted octanol–water partition coefficient (Wildman–Crippen LogP) is 5.33. The first-order chi connectivity index (χ1) is 20.0. The highest BCUT2D eigenvalue weighted by Crippen LogP contribution is 2.34. The highest BCUT2D eigenvalue weighted by molar-refractivity contribution is 6.09. The van der Waals surface area contributed by atoms with Crippen LogP contribution in [0.25, 0.3) is 0 Å². The first-order valence-corrected chi connectivity index (χ1v) is 14.5. The van der Waals surface area contributed by atoms with Crippen LogP contribution >= 0.6 is 0 Å². The number of carbonyl (C=O) groups excluding carboxylic acids is 2. The van der Waals surface area contributed by atoms with Crippen LogP contribution in [0.2, 0.25) is 0 Å². The van der Waals surface area contributed by atoms with Gasteiger partial charge in [-0.25, -0.2) is 9.37 Å². The van der Waals surface area contributed by atoms with Crippen molar-refractivity contribution in [2.24, 2.45) is 0 Å². The molecule has 0 aliphatic carbocycles. The Hall–Kier alpha value is -4.04. The van der Waals surface area contributed by atoms with Crippen LogP contribution < -0.4 is 15.1 Å². The van der Waals surface area contributed by atoms with Crippen molar-refractivity contribution in [3.63, 3.8) is 0 Å². The van der Waals surface area contributed by atoms with E-state index in [0.717, 1.165) is 37.2 Å². The summed E-state index contributed by atoms with van der Waals surface area (Å²) in [6.07, 6.45) is 9.81. The number of hydrogen-bond acceptors (Lipinski definition) is 5. The molecule has 2 amide bonds. The van der Waals surface area contributed by atoms with E-state index in [1.807, 2.05) is 48.5 Å². The van der Waals surface area contributed by atoms with Crippen LogP contribution in [0.5, 0.6) is 0 Å². The molecule has 41 heavy (non-hydrogen) atoms. The number of nitrogens with zero attached hydrogens (tertiary/aromatic N) is 4. The summed E-state index contributed by atoms with van der Waals surface area (Å²) < 4.78 is 13.6. The first-order valence-electron chi connectivity index (χ1n) is 14.5. The number of amides is 2. The lowest BCUT2D eigenvalue weighted by molar-refractivity contribution is -0.115. The minimum absolute atomic E-state index is 0.180. The van der Waals surface area contributed by atoms with E-state index in [1.165, 1.54) is 37.8 Å². The van der Waals surface area contributed by atoms with Crippen LogP contribution in [0.1, 0.15) is 53.6 Å². The Morgan fingerprint density at radius 1 is 0.976 bits per heavy atom. The lowest BCUT2D eigenvalue weighted by Gasteiger charge is -2.25. The summed E-state index contributed by atoms with van der Waals surface area (Å²) in [6, 6.07) is 17.7. The van der Waals surface area contributed by atoms with Crippen LogP contribution in [-0.4, -0.2) is 54.9 Å². The number of fused-ring (bicyclic) bond motifs is 1. The molecule has 3 heterocycles. The van der Waals surface area contributed by atoms with E-state index in [4.69, 9.17) is 0 Å². The fourth-order valence-corrected chi connectivity index (χ4v) is 5.51. The third kappa shape index (κ3) is 7.38. The fourth-order valence-electron chi connectivity index (χ4n) is 5.51. The van der Waals surface area contributed by atoms with Crippen molar-refractivity contribution >= 4 is 23.3 Å². The lowest BCUT2D eigenvalue weighted by atomic mass is 10.0. The maximum absolute atomic E-state index is 14.0. The van der Waals surface area contributed by atoms with Gasteiger partial charge >= 0.3 is 0 Å². The van der Waals surface area contributed by atoms with Gasteiger partial charge in [-0.1, -0.05) is 55.3 Å². The van der Waals surface area contributed by atoms with E-state index in [2.05, 4.69) is 15.2 Å². The van der Waals surface area contributed by atoms with E-state index in [1.54, 1.807) is 29.3 Å². The number of carbonyl (C=O) groups is 2. The standard InChI is InChI=1S/C33H38FN5O2/c1-37-24-28(20-25-10-5-4-6-11-25)33(41)39(23-26-12-14-29(34)15-13-26)30-21-27(22-36-31(30)37)32(40)35-16-9-19-38-17-7-2-3-8-18-38/h4-6,10-15,21-22,24H,2-3,7-9,16-20,23H2,1H3,(H,35,40). The van der Waals surface area contributed by atoms with Crippen molar-refractivity contribution < 1.29 is 14.0 Å². The second-order valence-corrected chi connectivity index (χ2v) is 10.9. The van der Waals surface area contributed by atoms with Crippen LogP contribution in [0.4, 0.5) is 15.9 Å². The van der Waals surface area contributed by atoms with Crippen LogP contribution in [0.3, 0.4) is 0 Å². The summed E-state index contributed by atoms with van der Waals surface area (Å²) in [5.41, 5.74) is 3.33. The van der Waals surface area contributed by atoms with Gasteiger partial charge in [0.05, 0.1) is 17.8 Å². The summed E-state index contributed by atoms with van der Waals surface area (Å²) in [5.74, 6) is -0.159. The molecule has 5 rings (SSSR count). The van der Waals surface area contributed by atoms with Gasteiger partial charge in [-0.05, 0) is 68.2 Å². The van der Waals surface area contributed by atoms with Crippen molar-refractivity contribution in [3.8, 4) is 0 Å². The number of nitrogens with one attached hydrogen (secondary N) is 1. The minimum Gasteiger partial charge on any atom is -0.352 e. The average molecular weight is 556 g/mol. The highest BCUT2D eigenvalue weighted by atomic mass is 19.1. The Labute approximate surface area is 241 Å². The molecule has 0 radical (unpaired) electrons. The summed E-state index contributed by atoms with van der Waals surface area (Å²) in [7, 11) is 1.86. The number of anilines is 2. The van der Waals surface area contributed by atoms with Crippen molar-refractivity contribution in [2.75, 3.05) is 43.0 Å². The molecule has 0 atom stereocenters. The van der Waals surface area contributed by atoms with E-state index in [0.29, 0.717) is 35.6 Å². The van der Waals surface area contributed by atoms with E-state index < -0.39 is 0 Å². The number of likely N-dealkylation sites (tertiary alicyclic amines) is 1. The summed E-state index contributed by atoms with van der Waals surface area (Å²) in [5, 5.41) is 3.03. The van der Waals surface area contributed by atoms with Crippen molar-refractivity contribution in [2.45, 2.75) is 45.1 Å². The normalized spacial score (nSPS) is 16.0. The Morgan fingerprint density at radius 2 is 1.71 bits per heavy atom. The highest BCUT2D eigenvalue weighted by Gasteiger charge is 2.29. The van der Waals surface area contributed by atoms with Gasteiger partial charge in [-0.15, -0.1) is 0 Å². The van der Waals surface area contributed by atoms with Gasteiger partial charge in [0.25, 0.3) is 11.8 Å². The van der Waals surface area contributed by atoms with Gasteiger partial charge in [-0.3, -0.25) is 9.59 Å². The second-order valence-electron chi connectivity index (χ2n) is 10.9. The Kier molecular flexibility index (Phi) is 9.41. The topological polar surface area (TPSA) is 68.8 Å². The molecule has 0 unspecified atom stereocenters. The first kappa shape index (κ1) is 28.5. The quantitative estimate of drug-likeness (QED) is 0.362. The predicted molar refractivity (Wildman–Crippen MR) is 160 cm³/mol. The molecular weight excluding hydrogens is 517 g/mol. The largest absolute Gasteiger partial charge is 0.352 e. The van der Waals surface area contributed by atoms with Gasteiger partial charge in [0.15, 0.2) is 5.82 Å². The number of pyridine rings is 1. The molecule has 1 N–H and O–H groups in total. The Bertz CT molecular complexity index is 1370. The zero-order valence-corrected chi connectivity index (χ0v) is 23.7. The number of benzene rings is 2. The molecule has 2 aliphatic heterocycles. The van der Waals surface area contributed by atoms with E-state index >= 15 is 0 Å². The van der Waals surface area contributed by atoms with Gasteiger partial charge in [-0.2, -0.15) is 0 Å². The van der Waals surface area contributed by atoms with Gasteiger partial charge in [0, 0.05) is 38.0 Å².